The molecular formula is C65H112N2O6P+. The summed E-state index contributed by atoms with van der Waals surface area (Å²) in [4.78, 5) is 23.2. The van der Waals surface area contributed by atoms with Crippen LogP contribution in [0.3, 0.4) is 0 Å². The Balaban J connectivity index is 4.05. The molecule has 3 N–H and O–H groups in total. The van der Waals surface area contributed by atoms with Crippen molar-refractivity contribution in [1.82, 2.24) is 5.32 Å². The molecule has 0 saturated heterocycles. The molecule has 1 amide bonds. The van der Waals surface area contributed by atoms with Crippen molar-refractivity contribution in [3.8, 4) is 0 Å². The number of carbonyl (C=O) groups excluding carboxylic acids is 1. The first-order valence-electron chi connectivity index (χ1n) is 29.6. The number of carbonyl (C=O) groups is 1. The first-order chi connectivity index (χ1) is 36.0. The van der Waals surface area contributed by atoms with E-state index in [2.05, 4.69) is 141 Å². The highest BCUT2D eigenvalue weighted by atomic mass is 31.2. The van der Waals surface area contributed by atoms with Gasteiger partial charge >= 0.3 is 7.82 Å². The minimum absolute atomic E-state index is 0.0548. The highest BCUT2D eigenvalue weighted by Gasteiger charge is 2.27. The van der Waals surface area contributed by atoms with E-state index < -0.39 is 20.0 Å². The molecule has 8 nitrogen and oxygen atoms in total. The van der Waals surface area contributed by atoms with Gasteiger partial charge in [0.05, 0.1) is 39.9 Å². The van der Waals surface area contributed by atoms with E-state index in [9.17, 15) is 19.4 Å². The van der Waals surface area contributed by atoms with E-state index in [-0.39, 0.29) is 19.1 Å². The Morgan fingerprint density at radius 3 is 1.19 bits per heavy atom. The van der Waals surface area contributed by atoms with Crippen LogP contribution in [0, 0.1) is 0 Å². The maximum Gasteiger partial charge on any atom is 0.472 e. The van der Waals surface area contributed by atoms with Crippen molar-refractivity contribution in [2.75, 3.05) is 40.9 Å². The summed E-state index contributed by atoms with van der Waals surface area (Å²) >= 11 is 0. The Morgan fingerprint density at radius 1 is 0.473 bits per heavy atom. The molecule has 0 radical (unpaired) electrons. The van der Waals surface area contributed by atoms with Crippen LogP contribution in [0.2, 0.25) is 0 Å². The number of quaternary nitrogens is 1. The third-order valence-electron chi connectivity index (χ3n) is 12.4. The number of phosphoric ester groups is 1. The topological polar surface area (TPSA) is 105 Å². The number of aliphatic hydroxyl groups excluding tert-OH is 1. The Labute approximate surface area is 456 Å². The van der Waals surface area contributed by atoms with Gasteiger partial charge in [0.1, 0.15) is 13.2 Å². The summed E-state index contributed by atoms with van der Waals surface area (Å²) < 4.78 is 23.6. The highest BCUT2D eigenvalue weighted by molar-refractivity contribution is 7.47. The minimum atomic E-state index is -4.35. The first kappa shape index (κ1) is 70.6. The van der Waals surface area contributed by atoms with Crippen LogP contribution < -0.4 is 5.32 Å². The van der Waals surface area contributed by atoms with Crippen LogP contribution in [0.15, 0.2) is 134 Å². The summed E-state index contributed by atoms with van der Waals surface area (Å²) in [6, 6.07) is -0.856. The van der Waals surface area contributed by atoms with E-state index in [0.717, 1.165) is 109 Å². The molecular weight excluding hydrogens is 936 g/mol. The lowest BCUT2D eigenvalue weighted by molar-refractivity contribution is -0.870. The third kappa shape index (κ3) is 56.4. The van der Waals surface area contributed by atoms with Gasteiger partial charge in [-0.15, -0.1) is 0 Å². The summed E-state index contributed by atoms with van der Waals surface area (Å²) in [5, 5.41) is 13.9. The summed E-state index contributed by atoms with van der Waals surface area (Å²) in [5.41, 5.74) is 0. The molecule has 0 aliphatic rings. The summed E-state index contributed by atoms with van der Waals surface area (Å²) in [6.45, 7) is 4.66. The SMILES string of the molecule is CC/C=C\C/C=C\C/C=C\C/C=C\C/C=C\C/C=C\C/C=C\C/C=C\C/C=C\C/C=C\CCCCCCCCCCCCC(=O)NC(COP(=O)(O)OCC[N+](C)(C)C)C(O)/C=C/CCCCCCCCCCC. The number of amides is 1. The fourth-order valence-corrected chi connectivity index (χ4v) is 8.51. The number of unbranched alkanes of at least 4 members (excludes halogenated alkanes) is 19. The second-order valence-corrected chi connectivity index (χ2v) is 22.1. The number of hydrogen-bond donors (Lipinski definition) is 3. The number of phosphoric acid groups is 1. The van der Waals surface area contributed by atoms with Crippen molar-refractivity contribution in [3.05, 3.63) is 134 Å². The molecule has 0 saturated carbocycles. The molecule has 0 fully saturated rings. The van der Waals surface area contributed by atoms with Crippen LogP contribution in [-0.2, 0) is 18.4 Å². The summed E-state index contributed by atoms with van der Waals surface area (Å²) in [5.74, 6) is -0.189. The third-order valence-corrected chi connectivity index (χ3v) is 13.4. The van der Waals surface area contributed by atoms with Crippen molar-refractivity contribution in [1.29, 1.82) is 0 Å². The van der Waals surface area contributed by atoms with E-state index in [1.165, 1.54) is 89.9 Å². The molecule has 0 aromatic carbocycles. The monoisotopic (exact) mass is 1050 g/mol. The lowest BCUT2D eigenvalue weighted by atomic mass is 10.0. The second kappa shape index (κ2) is 54.4. The summed E-state index contributed by atoms with van der Waals surface area (Å²) in [6.07, 6.45) is 82.8. The number of likely N-dealkylation sites (N-methyl/N-ethyl adjacent to an activating group) is 1. The smallest absolute Gasteiger partial charge is 0.387 e. The molecule has 3 atom stereocenters. The molecule has 0 heterocycles. The standard InChI is InChI=1S/C65H111N2O6P/c1-6-8-10-12-14-16-18-19-20-21-22-23-24-25-26-27-28-29-30-31-32-33-34-35-36-37-38-39-40-41-42-43-44-45-46-47-49-51-53-55-57-59-65(69)66-63(62-73-74(70,71)72-61-60-67(3,4)5)64(68)58-56-54-52-50-48-17-15-13-11-9-7-2/h8,10,14,16,19-20,22-23,25-26,28-29,31-32,34-35,37-38,40-41,56,58,63-64,68H,6-7,9,11-13,15,17-18,21,24,27,30,33,36,39,42-55,57,59-62H2,1-5H3,(H-,66,69,70,71)/p+1/b10-8-,16-14-,20-19-,23-22-,26-25-,29-28-,32-31-,35-34-,38-37-,41-40-,58-56+. The number of allylic oxidation sites excluding steroid dienone is 21. The van der Waals surface area contributed by atoms with Gasteiger partial charge in [0.2, 0.25) is 5.91 Å². The molecule has 0 rings (SSSR count). The first-order valence-corrected chi connectivity index (χ1v) is 31.1. The molecule has 0 spiro atoms. The van der Waals surface area contributed by atoms with Crippen LogP contribution in [-0.4, -0.2) is 73.4 Å². The zero-order valence-electron chi connectivity index (χ0n) is 48.0. The largest absolute Gasteiger partial charge is 0.472 e. The fraction of sp³-hybridized carbons (Fsp3) is 0.646. The average Bonchev–Trinajstić information content (AvgIpc) is 3.36. The van der Waals surface area contributed by atoms with Gasteiger partial charge in [-0.05, 0) is 96.3 Å². The van der Waals surface area contributed by atoms with Crippen LogP contribution in [0.1, 0.15) is 219 Å². The van der Waals surface area contributed by atoms with Crippen LogP contribution in [0.5, 0.6) is 0 Å². The van der Waals surface area contributed by atoms with E-state index in [0.29, 0.717) is 17.4 Å². The molecule has 0 aromatic rings. The molecule has 0 bridgehead atoms. The van der Waals surface area contributed by atoms with E-state index in [1.807, 2.05) is 27.2 Å². The number of nitrogens with zero attached hydrogens (tertiary/aromatic N) is 1. The predicted molar refractivity (Wildman–Crippen MR) is 322 cm³/mol. The van der Waals surface area contributed by atoms with Gasteiger partial charge in [0.15, 0.2) is 0 Å². The predicted octanol–water partition coefficient (Wildman–Crippen LogP) is 18.3. The number of aliphatic hydroxyl groups is 1. The van der Waals surface area contributed by atoms with Crippen LogP contribution in [0.25, 0.3) is 0 Å². The molecule has 9 heteroatoms. The van der Waals surface area contributed by atoms with Crippen molar-refractivity contribution < 1.29 is 32.9 Å². The summed E-state index contributed by atoms with van der Waals surface area (Å²) in [7, 11) is 1.55. The van der Waals surface area contributed by atoms with Gasteiger partial charge in [-0.25, -0.2) is 4.57 Å². The van der Waals surface area contributed by atoms with Gasteiger partial charge in [-0.2, -0.15) is 0 Å². The van der Waals surface area contributed by atoms with E-state index in [1.54, 1.807) is 6.08 Å². The molecule has 0 aliphatic carbocycles. The van der Waals surface area contributed by atoms with Crippen molar-refractivity contribution >= 4 is 13.7 Å². The lowest BCUT2D eigenvalue weighted by Gasteiger charge is -2.25. The molecule has 74 heavy (non-hydrogen) atoms. The molecule has 0 aromatic heterocycles. The van der Waals surface area contributed by atoms with Crippen molar-refractivity contribution in [2.24, 2.45) is 0 Å². The average molecular weight is 1050 g/mol. The van der Waals surface area contributed by atoms with Gasteiger partial charge in [-0.1, -0.05) is 250 Å². The van der Waals surface area contributed by atoms with Crippen LogP contribution in [0.4, 0.5) is 0 Å². The van der Waals surface area contributed by atoms with Crippen molar-refractivity contribution in [2.45, 2.75) is 231 Å². The lowest BCUT2D eigenvalue weighted by Crippen LogP contribution is -2.45. The van der Waals surface area contributed by atoms with Gasteiger partial charge < -0.3 is 19.8 Å². The Kier molecular flexibility index (Phi) is 52.0. The molecule has 3 unspecified atom stereocenters. The normalized spacial score (nSPS) is 14.9. The second-order valence-electron chi connectivity index (χ2n) is 20.6. The van der Waals surface area contributed by atoms with Gasteiger partial charge in [-0.3, -0.25) is 13.8 Å². The quantitative estimate of drug-likeness (QED) is 0.0243. The maximum absolute atomic E-state index is 12.9. The number of nitrogens with one attached hydrogen (secondary N) is 1. The maximum atomic E-state index is 12.9. The number of rotatable bonds is 52. The molecule has 422 valence electrons. The molecule has 0 aliphatic heterocycles. The van der Waals surface area contributed by atoms with E-state index in [4.69, 9.17) is 9.05 Å². The van der Waals surface area contributed by atoms with Crippen LogP contribution >= 0.6 is 7.82 Å². The minimum Gasteiger partial charge on any atom is -0.387 e. The highest BCUT2D eigenvalue weighted by Crippen LogP contribution is 2.43. The van der Waals surface area contributed by atoms with Gasteiger partial charge in [0.25, 0.3) is 0 Å². The Morgan fingerprint density at radius 2 is 0.811 bits per heavy atom. The van der Waals surface area contributed by atoms with E-state index >= 15 is 0 Å². The Hall–Kier alpha value is -3.36. The van der Waals surface area contributed by atoms with Gasteiger partial charge in [0, 0.05) is 6.42 Å². The zero-order chi connectivity index (χ0) is 54.2. The number of hydrogen-bond acceptors (Lipinski definition) is 5. The zero-order valence-corrected chi connectivity index (χ0v) is 48.9. The Bertz CT molecular complexity index is 1660. The fourth-order valence-electron chi connectivity index (χ4n) is 7.77. The van der Waals surface area contributed by atoms with Crippen molar-refractivity contribution in [3.63, 3.8) is 0 Å².